The molecule has 2 aliphatic heterocycles. The van der Waals surface area contributed by atoms with Gasteiger partial charge < -0.3 is 4.90 Å². The highest BCUT2D eigenvalue weighted by Gasteiger charge is 2.36. The summed E-state index contributed by atoms with van der Waals surface area (Å²) >= 11 is 0. The number of carbonyl (C=O) groups is 2. The molecule has 0 N–H and O–H groups in total. The molecule has 0 bridgehead atoms. The van der Waals surface area contributed by atoms with E-state index in [2.05, 4.69) is 30.8 Å². The molecule has 2 aliphatic rings. The van der Waals surface area contributed by atoms with Gasteiger partial charge in [0.25, 0.3) is 5.91 Å². The number of ketones is 1. The van der Waals surface area contributed by atoms with Crippen molar-refractivity contribution < 1.29 is 9.59 Å². The van der Waals surface area contributed by atoms with Gasteiger partial charge in [-0.3, -0.25) is 19.5 Å². The summed E-state index contributed by atoms with van der Waals surface area (Å²) in [4.78, 5) is 29.6. The normalized spacial score (nSPS) is 21.8. The third-order valence-electron chi connectivity index (χ3n) is 5.38. The predicted molar refractivity (Wildman–Crippen MR) is 108 cm³/mol. The van der Waals surface area contributed by atoms with E-state index in [4.69, 9.17) is 0 Å². The van der Waals surface area contributed by atoms with Gasteiger partial charge in [-0.15, -0.1) is 0 Å². The number of hydrazone groups is 1. The van der Waals surface area contributed by atoms with E-state index in [0.717, 1.165) is 31.7 Å². The van der Waals surface area contributed by atoms with Gasteiger partial charge in [0.1, 0.15) is 11.8 Å². The summed E-state index contributed by atoms with van der Waals surface area (Å²) in [7, 11) is 0. The van der Waals surface area contributed by atoms with Crippen molar-refractivity contribution in [3.63, 3.8) is 0 Å². The van der Waals surface area contributed by atoms with Crippen LogP contribution in [0.1, 0.15) is 40.5 Å². The van der Waals surface area contributed by atoms with Gasteiger partial charge in [-0.1, -0.05) is 18.2 Å². The van der Waals surface area contributed by atoms with E-state index in [0.29, 0.717) is 18.7 Å². The molecule has 6 nitrogen and oxygen atoms in total. The Morgan fingerprint density at radius 1 is 1.04 bits per heavy atom. The summed E-state index contributed by atoms with van der Waals surface area (Å²) < 4.78 is 0. The third-order valence-corrected chi connectivity index (χ3v) is 5.38. The molecule has 1 aromatic rings. The van der Waals surface area contributed by atoms with Crippen molar-refractivity contribution in [3.8, 4) is 0 Å². The van der Waals surface area contributed by atoms with Gasteiger partial charge in [0.15, 0.2) is 5.78 Å². The molecule has 1 fully saturated rings. The molecule has 0 radical (unpaired) electrons. The first-order valence-corrected chi connectivity index (χ1v) is 9.74. The molecule has 0 spiro atoms. The molecule has 0 aliphatic carbocycles. The lowest BCUT2D eigenvalue weighted by Gasteiger charge is -2.34. The molecular formula is C21H30N4O2. The second-order valence-corrected chi connectivity index (χ2v) is 8.36. The van der Waals surface area contributed by atoms with Gasteiger partial charge in [0.2, 0.25) is 0 Å². The molecule has 2 heterocycles. The van der Waals surface area contributed by atoms with E-state index < -0.39 is 6.04 Å². The van der Waals surface area contributed by atoms with Gasteiger partial charge in [-0.05, 0) is 46.2 Å². The van der Waals surface area contributed by atoms with Crippen LogP contribution in [0.3, 0.4) is 0 Å². The lowest BCUT2D eigenvalue weighted by Crippen LogP contribution is -2.44. The van der Waals surface area contributed by atoms with Gasteiger partial charge in [-0.2, -0.15) is 5.10 Å². The Morgan fingerprint density at radius 3 is 2.37 bits per heavy atom. The fraction of sp³-hybridized carbons (Fsp3) is 0.571. The molecule has 0 saturated carbocycles. The second-order valence-electron chi connectivity index (χ2n) is 8.36. The van der Waals surface area contributed by atoms with Crippen molar-refractivity contribution in [2.75, 3.05) is 31.2 Å². The fourth-order valence-electron chi connectivity index (χ4n) is 3.75. The number of carbonyl (C=O) groups excluding carboxylic acids is 2. The van der Waals surface area contributed by atoms with Crippen molar-refractivity contribution in [1.82, 2.24) is 9.80 Å². The number of rotatable bonds is 3. The van der Waals surface area contributed by atoms with E-state index >= 15 is 0 Å². The smallest absolute Gasteiger partial charge is 0.270 e. The van der Waals surface area contributed by atoms with Crippen LogP contribution in [0, 0.1) is 0 Å². The Bertz CT molecular complexity index is 723. The lowest BCUT2D eigenvalue weighted by atomic mass is 10.1. The Morgan fingerprint density at radius 2 is 1.74 bits per heavy atom. The van der Waals surface area contributed by atoms with Crippen LogP contribution in [0.2, 0.25) is 0 Å². The van der Waals surface area contributed by atoms with Gasteiger partial charge in [-0.25, -0.2) is 0 Å². The SMILES string of the molecule is CC(=O)C1CC(C(=O)N2CCCN(C(C)(C)C)CC2)=NN1c1ccccc1. The van der Waals surface area contributed by atoms with Crippen molar-refractivity contribution in [2.24, 2.45) is 5.10 Å². The zero-order valence-electron chi connectivity index (χ0n) is 16.8. The van der Waals surface area contributed by atoms with E-state index in [1.165, 1.54) is 0 Å². The zero-order valence-corrected chi connectivity index (χ0v) is 16.8. The molecule has 146 valence electrons. The lowest BCUT2D eigenvalue weighted by molar-refractivity contribution is -0.124. The first kappa shape index (κ1) is 19.5. The highest BCUT2D eigenvalue weighted by Crippen LogP contribution is 2.26. The standard InChI is InChI=1S/C21H30N4O2/c1-16(26)19-15-18(22-25(19)17-9-6-5-7-10-17)20(27)23-11-8-12-24(14-13-23)21(2,3)4/h5-7,9-10,19H,8,11-15H2,1-4H3. The molecule has 1 unspecified atom stereocenters. The van der Waals surface area contributed by atoms with Crippen LogP contribution in [0.25, 0.3) is 0 Å². The first-order chi connectivity index (χ1) is 12.8. The third kappa shape index (κ3) is 4.38. The van der Waals surface area contributed by atoms with Crippen LogP contribution in [0.15, 0.2) is 35.4 Å². The van der Waals surface area contributed by atoms with Crippen LogP contribution in [-0.2, 0) is 9.59 Å². The number of para-hydroxylation sites is 1. The maximum absolute atomic E-state index is 13.1. The minimum atomic E-state index is -0.399. The Labute approximate surface area is 161 Å². The molecule has 3 rings (SSSR count). The van der Waals surface area contributed by atoms with E-state index in [1.54, 1.807) is 11.9 Å². The molecule has 1 aromatic carbocycles. The Balaban J connectivity index is 1.75. The minimum Gasteiger partial charge on any atom is -0.336 e. The summed E-state index contributed by atoms with van der Waals surface area (Å²) in [5, 5.41) is 6.26. The Kier molecular flexibility index (Phi) is 5.65. The summed E-state index contributed by atoms with van der Waals surface area (Å²) in [5.41, 5.74) is 1.44. The first-order valence-electron chi connectivity index (χ1n) is 9.74. The average Bonchev–Trinajstić information content (AvgIpc) is 2.92. The number of hydrogen-bond acceptors (Lipinski definition) is 5. The van der Waals surface area contributed by atoms with E-state index in [-0.39, 0.29) is 17.2 Å². The number of amides is 1. The maximum atomic E-state index is 13.1. The minimum absolute atomic E-state index is 0.0279. The van der Waals surface area contributed by atoms with Crippen molar-refractivity contribution in [2.45, 2.75) is 52.1 Å². The van der Waals surface area contributed by atoms with Crippen LogP contribution in [0.4, 0.5) is 5.69 Å². The summed E-state index contributed by atoms with van der Waals surface area (Å²) in [6, 6.07) is 9.19. The van der Waals surface area contributed by atoms with Gasteiger partial charge in [0, 0.05) is 38.1 Å². The number of benzene rings is 1. The average molecular weight is 370 g/mol. The van der Waals surface area contributed by atoms with Crippen molar-refractivity contribution >= 4 is 23.1 Å². The monoisotopic (exact) mass is 370 g/mol. The van der Waals surface area contributed by atoms with Crippen molar-refractivity contribution in [1.29, 1.82) is 0 Å². The van der Waals surface area contributed by atoms with Crippen LogP contribution < -0.4 is 5.01 Å². The number of nitrogens with zero attached hydrogens (tertiary/aromatic N) is 4. The number of anilines is 1. The number of hydrogen-bond donors (Lipinski definition) is 0. The topological polar surface area (TPSA) is 56.2 Å². The molecule has 6 heteroatoms. The molecule has 0 aromatic heterocycles. The van der Waals surface area contributed by atoms with E-state index in [9.17, 15) is 9.59 Å². The number of Topliss-reactive ketones (excluding diaryl/α,β-unsaturated/α-hetero) is 1. The summed E-state index contributed by atoms with van der Waals surface area (Å²) in [5.74, 6) is -0.00406. The highest BCUT2D eigenvalue weighted by molar-refractivity contribution is 6.40. The molecule has 1 saturated heterocycles. The largest absolute Gasteiger partial charge is 0.336 e. The maximum Gasteiger partial charge on any atom is 0.270 e. The zero-order chi connectivity index (χ0) is 19.6. The molecule has 1 atom stereocenters. The van der Waals surface area contributed by atoms with Crippen molar-refractivity contribution in [3.05, 3.63) is 30.3 Å². The molecule has 27 heavy (non-hydrogen) atoms. The van der Waals surface area contributed by atoms with Gasteiger partial charge >= 0.3 is 0 Å². The Hall–Kier alpha value is -2.21. The highest BCUT2D eigenvalue weighted by atomic mass is 16.2. The molecule has 1 amide bonds. The predicted octanol–water partition coefficient (Wildman–Crippen LogP) is 2.54. The van der Waals surface area contributed by atoms with Crippen LogP contribution >= 0.6 is 0 Å². The summed E-state index contributed by atoms with van der Waals surface area (Å²) in [6.45, 7) is 11.5. The molecular weight excluding hydrogens is 340 g/mol. The quantitative estimate of drug-likeness (QED) is 0.820. The van der Waals surface area contributed by atoms with Gasteiger partial charge in [0.05, 0.1) is 5.69 Å². The summed E-state index contributed by atoms with van der Waals surface area (Å²) in [6.07, 6.45) is 1.33. The van der Waals surface area contributed by atoms with E-state index in [1.807, 2.05) is 35.2 Å². The fourth-order valence-corrected chi connectivity index (χ4v) is 3.75. The second kappa shape index (κ2) is 7.80. The van der Waals surface area contributed by atoms with Crippen LogP contribution in [0.5, 0.6) is 0 Å². The van der Waals surface area contributed by atoms with Crippen LogP contribution in [-0.4, -0.2) is 65.0 Å².